The summed E-state index contributed by atoms with van der Waals surface area (Å²) in [5.74, 6) is -1.06. The Kier molecular flexibility index (Phi) is 5.08. The molecule has 33 heavy (non-hydrogen) atoms. The lowest BCUT2D eigenvalue weighted by Gasteiger charge is -2.29. The highest BCUT2D eigenvalue weighted by atomic mass is 16.2. The minimum Gasteiger partial charge on any atom is -0.361 e. The van der Waals surface area contributed by atoms with Crippen LogP contribution in [0.4, 0.5) is 16.2 Å². The topological polar surface area (TPSA) is 115 Å². The molecule has 3 N–H and O–H groups in total. The van der Waals surface area contributed by atoms with Gasteiger partial charge in [0, 0.05) is 36.0 Å². The van der Waals surface area contributed by atoms with Crippen molar-refractivity contribution in [3.63, 3.8) is 0 Å². The zero-order valence-electron chi connectivity index (χ0n) is 18.0. The van der Waals surface area contributed by atoms with Crippen molar-refractivity contribution in [3.05, 3.63) is 60.3 Å². The highest BCUT2D eigenvalue weighted by Gasteiger charge is 2.41. The number of imide groups is 1. The molecule has 9 heteroatoms. The Morgan fingerprint density at radius 3 is 2.67 bits per heavy atom. The van der Waals surface area contributed by atoms with Crippen LogP contribution in [0.25, 0.3) is 10.9 Å². The fourth-order valence-corrected chi connectivity index (χ4v) is 4.56. The number of amides is 5. The number of aromatic amines is 1. The van der Waals surface area contributed by atoms with E-state index in [0.29, 0.717) is 17.8 Å². The van der Waals surface area contributed by atoms with Gasteiger partial charge < -0.3 is 20.5 Å². The molecule has 9 nitrogen and oxygen atoms in total. The summed E-state index contributed by atoms with van der Waals surface area (Å²) in [4.78, 5) is 56.7. The summed E-state index contributed by atoms with van der Waals surface area (Å²) in [5.41, 5.74) is 2.93. The van der Waals surface area contributed by atoms with Crippen molar-refractivity contribution >= 4 is 46.0 Å². The van der Waals surface area contributed by atoms with Gasteiger partial charge in [0.25, 0.3) is 5.91 Å². The SMILES string of the molecule is C[C@@H]1CC(=O)Nc2ccccc2N1C(=O)CN1C(=O)N[C@H](Cc2c[nH]c3ccccc23)C1=O. The van der Waals surface area contributed by atoms with Crippen LogP contribution in [0.3, 0.4) is 0 Å². The third kappa shape index (κ3) is 3.71. The van der Waals surface area contributed by atoms with Crippen LogP contribution in [0.15, 0.2) is 54.7 Å². The van der Waals surface area contributed by atoms with Gasteiger partial charge in [-0.1, -0.05) is 30.3 Å². The van der Waals surface area contributed by atoms with E-state index in [0.717, 1.165) is 21.4 Å². The maximum absolute atomic E-state index is 13.3. The van der Waals surface area contributed by atoms with Crippen LogP contribution in [0.2, 0.25) is 0 Å². The summed E-state index contributed by atoms with van der Waals surface area (Å²) < 4.78 is 0. The van der Waals surface area contributed by atoms with Crippen LogP contribution < -0.4 is 15.5 Å². The van der Waals surface area contributed by atoms with E-state index in [4.69, 9.17) is 0 Å². The first-order valence-corrected chi connectivity index (χ1v) is 10.8. The minimum atomic E-state index is -0.749. The van der Waals surface area contributed by atoms with E-state index < -0.39 is 36.5 Å². The maximum Gasteiger partial charge on any atom is 0.325 e. The third-order valence-corrected chi connectivity index (χ3v) is 6.13. The predicted molar refractivity (Wildman–Crippen MR) is 123 cm³/mol. The summed E-state index contributed by atoms with van der Waals surface area (Å²) in [6.07, 6.45) is 2.27. The molecule has 1 aromatic heterocycles. The van der Waals surface area contributed by atoms with Gasteiger partial charge in [-0.3, -0.25) is 19.3 Å². The lowest BCUT2D eigenvalue weighted by Crippen LogP contribution is -2.47. The molecule has 168 valence electrons. The second-order valence-corrected chi connectivity index (χ2v) is 8.37. The molecule has 3 aromatic rings. The number of aromatic nitrogens is 1. The maximum atomic E-state index is 13.3. The number of hydrogen-bond donors (Lipinski definition) is 3. The zero-order chi connectivity index (χ0) is 23.1. The number of fused-ring (bicyclic) bond motifs is 2. The van der Waals surface area contributed by atoms with Crippen molar-refractivity contribution in [2.45, 2.75) is 31.8 Å². The van der Waals surface area contributed by atoms with Crippen LogP contribution >= 0.6 is 0 Å². The van der Waals surface area contributed by atoms with Crippen molar-refractivity contribution < 1.29 is 19.2 Å². The number of H-pyrrole nitrogens is 1. The summed E-state index contributed by atoms with van der Waals surface area (Å²) >= 11 is 0. The Balaban J connectivity index is 1.35. The molecule has 2 aliphatic rings. The Labute approximate surface area is 189 Å². The van der Waals surface area contributed by atoms with Gasteiger partial charge in [-0.25, -0.2) is 4.79 Å². The first kappa shape index (κ1) is 20.7. The molecule has 0 aliphatic carbocycles. The van der Waals surface area contributed by atoms with Crippen LogP contribution in [-0.4, -0.2) is 52.3 Å². The molecule has 0 radical (unpaired) electrons. The van der Waals surface area contributed by atoms with E-state index in [9.17, 15) is 19.2 Å². The Bertz CT molecular complexity index is 1280. The Hall–Kier alpha value is -4.14. The third-order valence-electron chi connectivity index (χ3n) is 6.13. The number of para-hydroxylation sites is 3. The molecule has 1 fully saturated rings. The smallest absolute Gasteiger partial charge is 0.325 e. The van der Waals surface area contributed by atoms with Gasteiger partial charge in [0.15, 0.2) is 0 Å². The van der Waals surface area contributed by atoms with Crippen molar-refractivity contribution in [2.75, 3.05) is 16.8 Å². The fraction of sp³-hybridized carbons (Fsp3) is 0.250. The molecule has 0 unspecified atom stereocenters. The van der Waals surface area contributed by atoms with Crippen molar-refractivity contribution in [1.29, 1.82) is 0 Å². The summed E-state index contributed by atoms with van der Waals surface area (Å²) in [6.45, 7) is 1.37. The number of nitrogens with zero attached hydrogens (tertiary/aromatic N) is 2. The number of urea groups is 1. The quantitative estimate of drug-likeness (QED) is 0.535. The standard InChI is InChI=1S/C24H23N5O4/c1-14-10-21(30)26-18-8-4-5-9-20(18)29(14)22(31)13-28-23(32)19(27-24(28)33)11-15-12-25-17-7-3-2-6-16(15)17/h2-9,12,14,19,25H,10-11,13H2,1H3,(H,26,30)(H,27,33)/t14-,19-/m1/s1. The molecule has 0 bridgehead atoms. The fourth-order valence-electron chi connectivity index (χ4n) is 4.56. The number of hydrogen-bond acceptors (Lipinski definition) is 4. The summed E-state index contributed by atoms with van der Waals surface area (Å²) in [5, 5.41) is 6.49. The average molecular weight is 445 g/mol. The molecular formula is C24H23N5O4. The van der Waals surface area contributed by atoms with Gasteiger partial charge >= 0.3 is 6.03 Å². The van der Waals surface area contributed by atoms with Gasteiger partial charge in [0.1, 0.15) is 12.6 Å². The predicted octanol–water partition coefficient (Wildman–Crippen LogP) is 2.39. The van der Waals surface area contributed by atoms with Crippen LogP contribution in [0.1, 0.15) is 18.9 Å². The number of carbonyl (C=O) groups excluding carboxylic acids is 4. The molecule has 2 atom stereocenters. The van der Waals surface area contributed by atoms with E-state index in [2.05, 4.69) is 15.6 Å². The number of anilines is 2. The van der Waals surface area contributed by atoms with Crippen molar-refractivity contribution in [1.82, 2.24) is 15.2 Å². The Morgan fingerprint density at radius 2 is 1.82 bits per heavy atom. The molecule has 2 aromatic carbocycles. The number of carbonyl (C=O) groups is 4. The highest BCUT2D eigenvalue weighted by molar-refractivity contribution is 6.10. The molecule has 0 spiro atoms. The number of nitrogens with one attached hydrogen (secondary N) is 3. The van der Waals surface area contributed by atoms with Crippen LogP contribution in [0, 0.1) is 0 Å². The van der Waals surface area contributed by atoms with E-state index in [1.165, 1.54) is 4.90 Å². The molecule has 2 aliphatic heterocycles. The van der Waals surface area contributed by atoms with Crippen LogP contribution in [0.5, 0.6) is 0 Å². The average Bonchev–Trinajstić information content (AvgIpc) is 3.26. The van der Waals surface area contributed by atoms with Gasteiger partial charge in [-0.15, -0.1) is 0 Å². The molecule has 5 amide bonds. The van der Waals surface area contributed by atoms with E-state index >= 15 is 0 Å². The molecule has 3 heterocycles. The molecule has 5 rings (SSSR count). The first-order valence-electron chi connectivity index (χ1n) is 10.8. The molecular weight excluding hydrogens is 422 g/mol. The van der Waals surface area contributed by atoms with Gasteiger partial charge in [0.2, 0.25) is 11.8 Å². The van der Waals surface area contributed by atoms with Crippen molar-refractivity contribution in [3.8, 4) is 0 Å². The zero-order valence-corrected chi connectivity index (χ0v) is 18.0. The highest BCUT2D eigenvalue weighted by Crippen LogP contribution is 2.31. The summed E-state index contributed by atoms with van der Waals surface area (Å²) in [7, 11) is 0. The lowest BCUT2D eigenvalue weighted by molar-refractivity contribution is -0.131. The monoisotopic (exact) mass is 445 g/mol. The molecule has 0 saturated carbocycles. The van der Waals surface area contributed by atoms with Gasteiger partial charge in [-0.2, -0.15) is 0 Å². The second kappa shape index (κ2) is 8.09. The number of rotatable bonds is 4. The largest absolute Gasteiger partial charge is 0.361 e. The van der Waals surface area contributed by atoms with E-state index in [1.807, 2.05) is 30.5 Å². The van der Waals surface area contributed by atoms with E-state index in [-0.39, 0.29) is 12.3 Å². The van der Waals surface area contributed by atoms with Crippen molar-refractivity contribution in [2.24, 2.45) is 0 Å². The minimum absolute atomic E-state index is 0.115. The second-order valence-electron chi connectivity index (χ2n) is 8.37. The first-order chi connectivity index (χ1) is 15.9. The van der Waals surface area contributed by atoms with Gasteiger partial charge in [0.05, 0.1) is 11.4 Å². The molecule has 1 saturated heterocycles. The Morgan fingerprint density at radius 1 is 1.06 bits per heavy atom. The lowest BCUT2D eigenvalue weighted by atomic mass is 10.1. The van der Waals surface area contributed by atoms with Gasteiger partial charge in [-0.05, 0) is 30.7 Å². The normalized spacial score (nSPS) is 20.5. The van der Waals surface area contributed by atoms with Crippen LogP contribution in [-0.2, 0) is 20.8 Å². The number of benzene rings is 2. The van der Waals surface area contributed by atoms with E-state index in [1.54, 1.807) is 31.2 Å². The summed E-state index contributed by atoms with van der Waals surface area (Å²) in [6, 6.07) is 13.0.